The number of halogens is 2. The van der Waals surface area contributed by atoms with Gasteiger partial charge >= 0.3 is 0 Å². The third kappa shape index (κ3) is 4.72. The molecule has 0 bridgehead atoms. The number of nitrogens with zero attached hydrogens (tertiary/aromatic N) is 2. The van der Waals surface area contributed by atoms with Gasteiger partial charge in [-0.15, -0.1) is 0 Å². The van der Waals surface area contributed by atoms with Crippen LogP contribution in [0, 0.1) is 9.39 Å². The molecule has 0 spiro atoms. The lowest BCUT2D eigenvalue weighted by molar-refractivity contribution is -0.201. The maximum Gasteiger partial charge on any atom is 0.264 e. The summed E-state index contributed by atoms with van der Waals surface area (Å²) in [6.07, 6.45) is 4.22. The molecular weight excluding hydrogens is 516 g/mol. The fourth-order valence-electron chi connectivity index (χ4n) is 3.09. The van der Waals surface area contributed by atoms with Gasteiger partial charge in [0.2, 0.25) is 0 Å². The molecule has 29 heavy (non-hydrogen) atoms. The minimum absolute atomic E-state index is 0.0586. The average molecular weight is 539 g/mol. The van der Waals surface area contributed by atoms with Gasteiger partial charge in [0.15, 0.2) is 20.9 Å². The number of hydrogen-bond acceptors (Lipinski definition) is 6. The molecule has 0 radical (unpaired) electrons. The van der Waals surface area contributed by atoms with Crippen LogP contribution in [-0.2, 0) is 30.8 Å². The van der Waals surface area contributed by atoms with E-state index in [9.17, 15) is 17.6 Å². The first-order chi connectivity index (χ1) is 13.6. The molecule has 3 rings (SSSR count). The van der Waals surface area contributed by atoms with Crippen LogP contribution in [-0.4, -0.2) is 48.0 Å². The van der Waals surface area contributed by atoms with Gasteiger partial charge in [-0.1, -0.05) is 0 Å². The molecular formula is C18H23FIN3O5S. The van der Waals surface area contributed by atoms with Crippen molar-refractivity contribution in [1.82, 2.24) is 15.3 Å². The summed E-state index contributed by atoms with van der Waals surface area (Å²) in [5, 5.41) is 4.50. The average Bonchev–Trinajstić information content (AvgIpc) is 3.10. The molecule has 8 nitrogen and oxygen atoms in total. The number of fused-ring (bicyclic) bond motifs is 1. The molecule has 1 N–H and O–H groups in total. The van der Waals surface area contributed by atoms with Gasteiger partial charge in [0.1, 0.15) is 5.82 Å². The second-order valence-electron chi connectivity index (χ2n) is 7.26. The summed E-state index contributed by atoms with van der Waals surface area (Å²) in [6.45, 7) is 1.99. The molecule has 160 valence electrons. The summed E-state index contributed by atoms with van der Waals surface area (Å²) in [5.74, 6) is -1.15. The molecule has 1 aromatic carbocycles. The van der Waals surface area contributed by atoms with Crippen LogP contribution in [0.15, 0.2) is 18.3 Å². The normalized spacial score (nSPS) is 19.8. The van der Waals surface area contributed by atoms with Gasteiger partial charge in [0.05, 0.1) is 17.1 Å². The SMILES string of the molecule is C[C@@](CCn1ncc2c(F)c(I)ccc21)(C(=O)NOC1CCCCO1)S(C)(=O)=O. The molecule has 2 heterocycles. The van der Waals surface area contributed by atoms with Gasteiger partial charge in [0, 0.05) is 29.4 Å². The molecule has 1 aliphatic rings. The van der Waals surface area contributed by atoms with Crippen LogP contribution in [0.5, 0.6) is 0 Å². The Morgan fingerprint density at radius 2 is 2.24 bits per heavy atom. The van der Waals surface area contributed by atoms with Crippen LogP contribution in [0.25, 0.3) is 10.9 Å². The van der Waals surface area contributed by atoms with Gasteiger partial charge in [-0.05, 0) is 60.9 Å². The van der Waals surface area contributed by atoms with Crippen LogP contribution in [0.1, 0.15) is 32.6 Å². The van der Waals surface area contributed by atoms with Gasteiger partial charge in [-0.2, -0.15) is 5.10 Å². The zero-order valence-corrected chi connectivity index (χ0v) is 19.1. The zero-order chi connectivity index (χ0) is 21.2. The monoisotopic (exact) mass is 539 g/mol. The van der Waals surface area contributed by atoms with Gasteiger partial charge in [-0.3, -0.25) is 9.48 Å². The van der Waals surface area contributed by atoms with Crippen LogP contribution in [0.3, 0.4) is 0 Å². The second kappa shape index (κ2) is 8.82. The summed E-state index contributed by atoms with van der Waals surface area (Å²) in [7, 11) is -3.79. The van der Waals surface area contributed by atoms with E-state index in [0.29, 0.717) is 27.5 Å². The fraction of sp³-hybridized carbons (Fsp3) is 0.556. The van der Waals surface area contributed by atoms with Crippen LogP contribution in [0.2, 0.25) is 0 Å². The van der Waals surface area contributed by atoms with E-state index >= 15 is 0 Å². The molecule has 1 unspecified atom stereocenters. The summed E-state index contributed by atoms with van der Waals surface area (Å²) < 4.78 is 44.7. The molecule has 2 atom stereocenters. The number of aromatic nitrogens is 2. The highest BCUT2D eigenvalue weighted by atomic mass is 127. The molecule has 1 amide bonds. The first-order valence-corrected chi connectivity index (χ1v) is 12.2. The van der Waals surface area contributed by atoms with E-state index in [-0.39, 0.29) is 18.8 Å². The fourth-order valence-corrected chi connectivity index (χ4v) is 4.40. The number of sulfone groups is 1. The minimum atomic E-state index is -3.79. The smallest absolute Gasteiger partial charge is 0.264 e. The lowest BCUT2D eigenvalue weighted by Crippen LogP contribution is -2.51. The Hall–Kier alpha value is -1.31. The van der Waals surface area contributed by atoms with E-state index < -0.39 is 26.8 Å². The molecule has 1 saturated heterocycles. The largest absolute Gasteiger partial charge is 0.350 e. The van der Waals surface area contributed by atoms with Crippen molar-refractivity contribution in [2.45, 2.75) is 50.2 Å². The van der Waals surface area contributed by atoms with E-state index in [0.717, 1.165) is 19.1 Å². The Kier molecular flexibility index (Phi) is 6.81. The number of aryl methyl sites for hydroxylation is 1. The van der Waals surface area contributed by atoms with Crippen molar-refractivity contribution in [3.63, 3.8) is 0 Å². The van der Waals surface area contributed by atoms with Gasteiger partial charge in [0.25, 0.3) is 5.91 Å². The van der Waals surface area contributed by atoms with E-state index in [1.165, 1.54) is 17.8 Å². The van der Waals surface area contributed by atoms with E-state index in [4.69, 9.17) is 9.57 Å². The lowest BCUT2D eigenvalue weighted by Gasteiger charge is -2.28. The zero-order valence-electron chi connectivity index (χ0n) is 16.2. The number of rotatable bonds is 7. The van der Waals surface area contributed by atoms with Crippen LogP contribution >= 0.6 is 22.6 Å². The molecule has 0 aliphatic carbocycles. The minimum Gasteiger partial charge on any atom is -0.350 e. The predicted molar refractivity (Wildman–Crippen MR) is 113 cm³/mol. The quantitative estimate of drug-likeness (QED) is 0.429. The van der Waals surface area contributed by atoms with Crippen molar-refractivity contribution in [3.05, 3.63) is 27.7 Å². The highest BCUT2D eigenvalue weighted by Crippen LogP contribution is 2.26. The van der Waals surface area contributed by atoms with E-state index in [1.807, 2.05) is 22.6 Å². The molecule has 1 aromatic heterocycles. The standard InChI is InChI=1S/C18H23FIN3O5S/c1-18(29(2,25)26,17(24)22-28-15-5-3-4-10-27-15)8-9-23-14-7-6-13(20)16(19)12(14)11-21-23/h6-7,11,15H,3-5,8-10H2,1-2H3,(H,22,24)/t15?,18-/m1/s1. The van der Waals surface area contributed by atoms with Crippen molar-refractivity contribution in [3.8, 4) is 0 Å². The summed E-state index contributed by atoms with van der Waals surface area (Å²) in [4.78, 5) is 18.0. The molecule has 0 saturated carbocycles. The number of carbonyl (C=O) groups excluding carboxylic acids is 1. The van der Waals surface area contributed by atoms with Crippen LogP contribution in [0.4, 0.5) is 4.39 Å². The van der Waals surface area contributed by atoms with Crippen molar-refractivity contribution in [1.29, 1.82) is 0 Å². The Morgan fingerprint density at radius 1 is 1.48 bits per heavy atom. The summed E-state index contributed by atoms with van der Waals surface area (Å²) in [5.41, 5.74) is 2.78. The first kappa shape index (κ1) is 22.4. The van der Waals surface area contributed by atoms with Crippen molar-refractivity contribution >= 4 is 49.2 Å². The number of benzene rings is 1. The van der Waals surface area contributed by atoms with Gasteiger partial charge < -0.3 is 4.74 Å². The number of carbonyl (C=O) groups is 1. The van der Waals surface area contributed by atoms with E-state index in [2.05, 4.69) is 10.6 Å². The molecule has 1 aliphatic heterocycles. The topological polar surface area (TPSA) is 99.5 Å². The van der Waals surface area contributed by atoms with Gasteiger partial charge in [-0.25, -0.2) is 23.1 Å². The third-order valence-electron chi connectivity index (χ3n) is 5.23. The second-order valence-corrected chi connectivity index (χ2v) is 10.9. The summed E-state index contributed by atoms with van der Waals surface area (Å²) in [6, 6.07) is 3.34. The highest BCUT2D eigenvalue weighted by molar-refractivity contribution is 14.1. The number of ether oxygens (including phenoxy) is 1. The Balaban J connectivity index is 1.75. The highest BCUT2D eigenvalue weighted by Gasteiger charge is 2.44. The maximum atomic E-state index is 14.2. The Bertz CT molecular complexity index is 1010. The van der Waals surface area contributed by atoms with Crippen molar-refractivity contribution in [2.24, 2.45) is 0 Å². The van der Waals surface area contributed by atoms with Crippen molar-refractivity contribution in [2.75, 3.05) is 12.9 Å². The molecule has 1 fully saturated rings. The van der Waals surface area contributed by atoms with Crippen LogP contribution < -0.4 is 5.48 Å². The lowest BCUT2D eigenvalue weighted by atomic mass is 10.1. The van der Waals surface area contributed by atoms with Crippen molar-refractivity contribution < 1.29 is 27.2 Å². The molecule has 11 heteroatoms. The number of hydrogen-bond donors (Lipinski definition) is 1. The number of amides is 1. The Morgan fingerprint density at radius 3 is 2.90 bits per heavy atom. The molecule has 2 aromatic rings. The number of hydroxylamine groups is 1. The third-order valence-corrected chi connectivity index (χ3v) is 8.09. The summed E-state index contributed by atoms with van der Waals surface area (Å²) >= 11 is 1.89. The maximum absolute atomic E-state index is 14.2. The van der Waals surface area contributed by atoms with E-state index in [1.54, 1.807) is 12.1 Å². The Labute approximate surface area is 182 Å². The number of nitrogens with one attached hydrogen (secondary N) is 1. The predicted octanol–water partition coefficient (Wildman–Crippen LogP) is 2.55. The first-order valence-electron chi connectivity index (χ1n) is 9.20.